The molecule has 1 heterocycles. The van der Waals surface area contributed by atoms with Crippen LogP contribution in [0.4, 0.5) is 5.69 Å². The molecule has 0 atom stereocenters. The van der Waals surface area contributed by atoms with Gasteiger partial charge in [-0.05, 0) is 19.1 Å². The summed E-state index contributed by atoms with van der Waals surface area (Å²) in [7, 11) is 1.67. The van der Waals surface area contributed by atoms with E-state index >= 15 is 0 Å². The van der Waals surface area contributed by atoms with Crippen molar-refractivity contribution in [3.63, 3.8) is 0 Å². The van der Waals surface area contributed by atoms with Crippen LogP contribution in [0.2, 0.25) is 0 Å². The number of anilines is 1. The van der Waals surface area contributed by atoms with Crippen LogP contribution in [0.1, 0.15) is 11.4 Å². The van der Waals surface area contributed by atoms with E-state index < -0.39 is 0 Å². The zero-order chi connectivity index (χ0) is 13.0. The largest absolute Gasteiger partial charge is 0.497 e. The summed E-state index contributed by atoms with van der Waals surface area (Å²) < 4.78 is 5.24. The Morgan fingerprint density at radius 2 is 2.06 bits per heavy atom. The SMILES string of the molecule is COc1cc(C)nc(CSc2ccccc2N)c1. The van der Waals surface area contributed by atoms with Crippen molar-refractivity contribution < 1.29 is 4.74 Å². The van der Waals surface area contributed by atoms with Gasteiger partial charge in [0.1, 0.15) is 5.75 Å². The highest BCUT2D eigenvalue weighted by molar-refractivity contribution is 7.98. The summed E-state index contributed by atoms with van der Waals surface area (Å²) in [6.07, 6.45) is 0. The van der Waals surface area contributed by atoms with Crippen LogP contribution in [-0.4, -0.2) is 12.1 Å². The van der Waals surface area contributed by atoms with Gasteiger partial charge in [-0.3, -0.25) is 4.98 Å². The molecule has 0 saturated heterocycles. The summed E-state index contributed by atoms with van der Waals surface area (Å²) in [5.41, 5.74) is 8.68. The Morgan fingerprint density at radius 1 is 1.28 bits per heavy atom. The Hall–Kier alpha value is -1.68. The molecule has 3 nitrogen and oxygen atoms in total. The topological polar surface area (TPSA) is 48.1 Å². The van der Waals surface area contributed by atoms with E-state index in [9.17, 15) is 0 Å². The minimum Gasteiger partial charge on any atom is -0.497 e. The first-order valence-electron chi connectivity index (χ1n) is 5.68. The number of benzene rings is 1. The molecule has 2 N–H and O–H groups in total. The van der Waals surface area contributed by atoms with Crippen molar-refractivity contribution in [1.29, 1.82) is 0 Å². The second-order valence-corrected chi connectivity index (χ2v) is 4.98. The minimum absolute atomic E-state index is 0.784. The highest BCUT2D eigenvalue weighted by Crippen LogP contribution is 2.28. The van der Waals surface area contributed by atoms with Crippen molar-refractivity contribution in [1.82, 2.24) is 4.98 Å². The Balaban J connectivity index is 2.11. The van der Waals surface area contributed by atoms with Crippen molar-refractivity contribution in [2.24, 2.45) is 0 Å². The molecule has 0 aliphatic heterocycles. The fourth-order valence-corrected chi connectivity index (χ4v) is 2.52. The fraction of sp³-hybridized carbons (Fsp3) is 0.214. The Morgan fingerprint density at radius 3 is 2.78 bits per heavy atom. The van der Waals surface area contributed by atoms with Crippen molar-refractivity contribution in [3.05, 3.63) is 47.8 Å². The molecular formula is C14H16N2OS. The van der Waals surface area contributed by atoms with E-state index in [4.69, 9.17) is 10.5 Å². The summed E-state index contributed by atoms with van der Waals surface area (Å²) in [6, 6.07) is 11.7. The number of methoxy groups -OCH3 is 1. The maximum absolute atomic E-state index is 5.90. The number of nitrogens with two attached hydrogens (primary N) is 1. The first-order valence-corrected chi connectivity index (χ1v) is 6.66. The number of hydrogen-bond acceptors (Lipinski definition) is 4. The molecule has 18 heavy (non-hydrogen) atoms. The highest BCUT2D eigenvalue weighted by Gasteiger charge is 2.03. The average molecular weight is 260 g/mol. The number of aryl methyl sites for hydroxylation is 1. The molecule has 0 aliphatic rings. The van der Waals surface area contributed by atoms with Gasteiger partial charge < -0.3 is 10.5 Å². The van der Waals surface area contributed by atoms with E-state index in [0.29, 0.717) is 0 Å². The van der Waals surface area contributed by atoms with Crippen LogP contribution in [0.15, 0.2) is 41.3 Å². The summed E-state index contributed by atoms with van der Waals surface area (Å²) in [4.78, 5) is 5.57. The molecular weight excluding hydrogens is 244 g/mol. The Bertz CT molecular complexity index is 543. The zero-order valence-corrected chi connectivity index (χ0v) is 11.3. The van der Waals surface area contributed by atoms with Gasteiger partial charge in [-0.1, -0.05) is 12.1 Å². The van der Waals surface area contributed by atoms with Gasteiger partial charge in [0.15, 0.2) is 0 Å². The van der Waals surface area contributed by atoms with Gasteiger partial charge >= 0.3 is 0 Å². The van der Waals surface area contributed by atoms with Gasteiger partial charge in [-0.25, -0.2) is 0 Å². The Labute approximate surface area is 111 Å². The van der Waals surface area contributed by atoms with E-state index in [1.54, 1.807) is 18.9 Å². The fourth-order valence-electron chi connectivity index (χ4n) is 1.66. The van der Waals surface area contributed by atoms with E-state index in [1.807, 2.05) is 43.3 Å². The number of aromatic nitrogens is 1. The number of thioether (sulfide) groups is 1. The van der Waals surface area contributed by atoms with Gasteiger partial charge in [0, 0.05) is 34.2 Å². The van der Waals surface area contributed by atoms with Gasteiger partial charge in [0.05, 0.1) is 12.8 Å². The number of nitrogen functional groups attached to an aromatic ring is 1. The number of rotatable bonds is 4. The molecule has 94 valence electrons. The summed E-state index contributed by atoms with van der Waals surface area (Å²) in [5.74, 6) is 1.63. The molecule has 0 bridgehead atoms. The lowest BCUT2D eigenvalue weighted by atomic mass is 10.3. The molecule has 2 aromatic rings. The predicted octanol–water partition coefficient (Wildman–Crippen LogP) is 3.27. The van der Waals surface area contributed by atoms with E-state index in [0.717, 1.165) is 33.5 Å². The smallest absolute Gasteiger partial charge is 0.122 e. The van der Waals surface area contributed by atoms with Gasteiger partial charge in [-0.2, -0.15) is 0 Å². The van der Waals surface area contributed by atoms with Crippen LogP contribution in [0.5, 0.6) is 5.75 Å². The summed E-state index contributed by atoms with van der Waals surface area (Å²) in [6.45, 7) is 1.97. The van der Waals surface area contributed by atoms with Crippen LogP contribution in [0.3, 0.4) is 0 Å². The van der Waals surface area contributed by atoms with Crippen LogP contribution >= 0.6 is 11.8 Å². The van der Waals surface area contributed by atoms with E-state index in [-0.39, 0.29) is 0 Å². The first-order chi connectivity index (χ1) is 8.69. The van der Waals surface area contributed by atoms with Crippen LogP contribution in [0, 0.1) is 6.92 Å². The minimum atomic E-state index is 0.784. The normalized spacial score (nSPS) is 10.3. The highest BCUT2D eigenvalue weighted by atomic mass is 32.2. The standard InChI is InChI=1S/C14H16N2OS/c1-10-7-12(17-2)8-11(16-10)9-18-14-6-4-3-5-13(14)15/h3-8H,9,15H2,1-2H3. The average Bonchev–Trinajstić information content (AvgIpc) is 2.37. The quantitative estimate of drug-likeness (QED) is 0.677. The lowest BCUT2D eigenvalue weighted by molar-refractivity contribution is 0.413. The summed E-state index contributed by atoms with van der Waals surface area (Å²) in [5, 5.41) is 0. The van der Waals surface area contributed by atoms with Crippen LogP contribution in [0.25, 0.3) is 0 Å². The predicted molar refractivity (Wildman–Crippen MR) is 75.9 cm³/mol. The number of nitrogens with zero attached hydrogens (tertiary/aromatic N) is 1. The molecule has 0 amide bonds. The maximum atomic E-state index is 5.90. The second-order valence-electron chi connectivity index (χ2n) is 3.97. The number of pyridine rings is 1. The van der Waals surface area contributed by atoms with Crippen molar-refractivity contribution in [3.8, 4) is 5.75 Å². The van der Waals surface area contributed by atoms with Gasteiger partial charge in [0.25, 0.3) is 0 Å². The number of ether oxygens (including phenoxy) is 1. The Kier molecular flexibility index (Phi) is 4.10. The third-order valence-electron chi connectivity index (χ3n) is 2.51. The molecule has 4 heteroatoms. The van der Waals surface area contributed by atoms with Crippen LogP contribution in [-0.2, 0) is 5.75 Å². The molecule has 0 saturated carbocycles. The molecule has 2 rings (SSSR count). The van der Waals surface area contributed by atoms with Gasteiger partial charge in [-0.15, -0.1) is 11.8 Å². The third kappa shape index (κ3) is 3.17. The van der Waals surface area contributed by atoms with Gasteiger partial charge in [0.2, 0.25) is 0 Å². The molecule has 0 spiro atoms. The molecule has 0 radical (unpaired) electrons. The lowest BCUT2D eigenvalue weighted by Gasteiger charge is -2.07. The zero-order valence-electron chi connectivity index (χ0n) is 10.5. The first kappa shape index (κ1) is 12.8. The van der Waals surface area contributed by atoms with Crippen LogP contribution < -0.4 is 10.5 Å². The molecule has 0 fully saturated rings. The molecule has 0 unspecified atom stereocenters. The lowest BCUT2D eigenvalue weighted by Crippen LogP contribution is -1.94. The summed E-state index contributed by atoms with van der Waals surface area (Å²) >= 11 is 1.68. The molecule has 1 aromatic heterocycles. The van der Waals surface area contributed by atoms with E-state index in [2.05, 4.69) is 4.98 Å². The van der Waals surface area contributed by atoms with Crippen molar-refractivity contribution in [2.45, 2.75) is 17.6 Å². The molecule has 0 aliphatic carbocycles. The third-order valence-corrected chi connectivity index (χ3v) is 3.63. The van der Waals surface area contributed by atoms with Crippen molar-refractivity contribution >= 4 is 17.4 Å². The number of hydrogen-bond donors (Lipinski definition) is 1. The van der Waals surface area contributed by atoms with Crippen molar-refractivity contribution in [2.75, 3.05) is 12.8 Å². The maximum Gasteiger partial charge on any atom is 0.122 e. The molecule has 1 aromatic carbocycles. The van der Waals surface area contributed by atoms with E-state index in [1.165, 1.54) is 0 Å². The number of para-hydroxylation sites is 1. The monoisotopic (exact) mass is 260 g/mol. The second kappa shape index (κ2) is 5.78.